The number of rotatable bonds is 2. The molecule has 0 saturated carbocycles. The molecule has 2 heterocycles. The van der Waals surface area contributed by atoms with E-state index in [2.05, 4.69) is 44.1 Å². The molecule has 3 heteroatoms. The molecule has 0 radical (unpaired) electrons. The number of hydrogen-bond donors (Lipinski definition) is 0. The highest BCUT2D eigenvalue weighted by Crippen LogP contribution is 2.24. The quantitative estimate of drug-likeness (QED) is 0.692. The highest BCUT2D eigenvalue weighted by molar-refractivity contribution is 9.10. The third-order valence-electron chi connectivity index (χ3n) is 2.86. The molecule has 0 aliphatic carbocycles. The monoisotopic (exact) mass is 310 g/mol. The van der Waals surface area contributed by atoms with Gasteiger partial charge in [-0.15, -0.1) is 0 Å². The van der Waals surface area contributed by atoms with E-state index >= 15 is 0 Å². The Morgan fingerprint density at radius 1 is 0.684 bits per heavy atom. The summed E-state index contributed by atoms with van der Waals surface area (Å²) in [6, 6.07) is 18.2. The predicted octanol–water partition coefficient (Wildman–Crippen LogP) is 4.57. The van der Waals surface area contributed by atoms with E-state index in [9.17, 15) is 0 Å². The maximum atomic E-state index is 4.38. The highest BCUT2D eigenvalue weighted by Gasteiger charge is 2.03. The summed E-state index contributed by atoms with van der Waals surface area (Å²) in [7, 11) is 0. The van der Waals surface area contributed by atoms with Crippen LogP contribution < -0.4 is 0 Å². The molecule has 2 nitrogen and oxygen atoms in total. The second-order valence-corrected chi connectivity index (χ2v) is 5.07. The van der Waals surface area contributed by atoms with Crippen LogP contribution in [-0.2, 0) is 0 Å². The largest absolute Gasteiger partial charge is 0.255 e. The molecule has 0 atom stereocenters. The molecule has 0 aliphatic heterocycles. The zero-order valence-corrected chi connectivity index (χ0v) is 11.7. The summed E-state index contributed by atoms with van der Waals surface area (Å²) in [5.74, 6) is 0. The Morgan fingerprint density at radius 3 is 2.21 bits per heavy atom. The molecule has 0 amide bonds. The number of pyridine rings is 2. The van der Waals surface area contributed by atoms with Crippen LogP contribution in [0.5, 0.6) is 0 Å². The maximum Gasteiger partial charge on any atom is 0.0892 e. The average molecular weight is 311 g/mol. The summed E-state index contributed by atoms with van der Waals surface area (Å²) < 4.78 is 1.08. The lowest BCUT2D eigenvalue weighted by molar-refractivity contribution is 1.25. The Kier molecular flexibility index (Phi) is 3.38. The van der Waals surface area contributed by atoms with E-state index in [1.807, 2.05) is 42.6 Å². The van der Waals surface area contributed by atoms with Gasteiger partial charge < -0.3 is 0 Å². The number of nitrogens with zero attached hydrogens (tertiary/aromatic N) is 2. The van der Waals surface area contributed by atoms with E-state index in [1.54, 1.807) is 6.20 Å². The first kappa shape index (κ1) is 12.1. The molecule has 0 bridgehead atoms. The molecule has 1 aromatic carbocycles. The van der Waals surface area contributed by atoms with E-state index in [0.717, 1.165) is 21.4 Å². The Hall–Kier alpha value is -2.00. The summed E-state index contributed by atoms with van der Waals surface area (Å²) in [5, 5.41) is 0. The Labute approximate surface area is 120 Å². The van der Waals surface area contributed by atoms with E-state index in [1.165, 1.54) is 5.56 Å². The molecule has 92 valence electrons. The summed E-state index contributed by atoms with van der Waals surface area (Å²) >= 11 is 3.45. The Bertz CT molecular complexity index is 679. The van der Waals surface area contributed by atoms with Gasteiger partial charge >= 0.3 is 0 Å². The van der Waals surface area contributed by atoms with Crippen molar-refractivity contribution in [3.05, 3.63) is 71.5 Å². The van der Waals surface area contributed by atoms with Crippen LogP contribution in [0.15, 0.2) is 71.5 Å². The molecule has 0 aliphatic rings. The molecule has 3 rings (SSSR count). The molecule has 2 aromatic heterocycles. The lowest BCUT2D eigenvalue weighted by atomic mass is 10.1. The summed E-state index contributed by atoms with van der Waals surface area (Å²) in [5.41, 5.74) is 4.09. The fraction of sp³-hybridized carbons (Fsp3) is 0. The first-order valence-electron chi connectivity index (χ1n) is 5.96. The van der Waals surface area contributed by atoms with Crippen LogP contribution in [0.25, 0.3) is 22.5 Å². The molecule has 0 spiro atoms. The van der Waals surface area contributed by atoms with Crippen molar-refractivity contribution in [2.45, 2.75) is 0 Å². The maximum absolute atomic E-state index is 4.38. The third-order valence-corrected chi connectivity index (χ3v) is 3.39. The molecule has 0 N–H and O–H groups in total. The van der Waals surface area contributed by atoms with Crippen molar-refractivity contribution in [1.82, 2.24) is 9.97 Å². The smallest absolute Gasteiger partial charge is 0.0892 e. The van der Waals surface area contributed by atoms with Crippen molar-refractivity contribution < 1.29 is 0 Å². The van der Waals surface area contributed by atoms with Crippen LogP contribution in [0.2, 0.25) is 0 Å². The van der Waals surface area contributed by atoms with E-state index in [-0.39, 0.29) is 0 Å². The fourth-order valence-electron chi connectivity index (χ4n) is 1.91. The average Bonchev–Trinajstić information content (AvgIpc) is 2.49. The van der Waals surface area contributed by atoms with Crippen molar-refractivity contribution in [2.75, 3.05) is 0 Å². The summed E-state index contributed by atoms with van der Waals surface area (Å²) in [4.78, 5) is 8.71. The van der Waals surface area contributed by atoms with E-state index in [4.69, 9.17) is 0 Å². The van der Waals surface area contributed by atoms with Gasteiger partial charge in [-0.3, -0.25) is 9.97 Å². The van der Waals surface area contributed by atoms with E-state index in [0.29, 0.717) is 0 Å². The van der Waals surface area contributed by atoms with Gasteiger partial charge in [0.1, 0.15) is 0 Å². The van der Waals surface area contributed by atoms with Crippen LogP contribution in [0, 0.1) is 0 Å². The second-order valence-electron chi connectivity index (χ2n) is 4.15. The number of hydrogen-bond acceptors (Lipinski definition) is 2. The normalized spacial score (nSPS) is 10.4. The van der Waals surface area contributed by atoms with Gasteiger partial charge in [-0.05, 0) is 47.5 Å². The topological polar surface area (TPSA) is 25.8 Å². The lowest BCUT2D eigenvalue weighted by Gasteiger charge is -2.04. The lowest BCUT2D eigenvalue weighted by Crippen LogP contribution is -1.87. The first-order chi connectivity index (χ1) is 9.33. The van der Waals surface area contributed by atoms with Crippen LogP contribution in [0.3, 0.4) is 0 Å². The molecular weight excluding hydrogens is 300 g/mol. The minimum Gasteiger partial charge on any atom is -0.255 e. The van der Waals surface area contributed by atoms with Gasteiger partial charge in [-0.25, -0.2) is 0 Å². The highest BCUT2D eigenvalue weighted by atomic mass is 79.9. The molecule has 19 heavy (non-hydrogen) atoms. The van der Waals surface area contributed by atoms with E-state index < -0.39 is 0 Å². The van der Waals surface area contributed by atoms with Crippen LogP contribution in [0.1, 0.15) is 0 Å². The first-order valence-corrected chi connectivity index (χ1v) is 6.75. The van der Waals surface area contributed by atoms with Gasteiger partial charge in [0, 0.05) is 16.9 Å². The number of halogens is 1. The predicted molar refractivity (Wildman–Crippen MR) is 80.6 cm³/mol. The second kappa shape index (κ2) is 5.33. The van der Waals surface area contributed by atoms with Crippen LogP contribution in [-0.4, -0.2) is 9.97 Å². The zero-order chi connectivity index (χ0) is 13.1. The molecule has 0 fully saturated rings. The van der Waals surface area contributed by atoms with Crippen LogP contribution in [0.4, 0.5) is 0 Å². The van der Waals surface area contributed by atoms with Crippen molar-refractivity contribution in [3.8, 4) is 22.5 Å². The molecule has 0 saturated heterocycles. The van der Waals surface area contributed by atoms with Crippen LogP contribution >= 0.6 is 15.9 Å². The Morgan fingerprint density at radius 2 is 1.47 bits per heavy atom. The fourth-order valence-corrected chi connectivity index (χ4v) is 2.17. The van der Waals surface area contributed by atoms with Crippen molar-refractivity contribution in [1.29, 1.82) is 0 Å². The van der Waals surface area contributed by atoms with Crippen molar-refractivity contribution in [2.24, 2.45) is 0 Å². The van der Waals surface area contributed by atoms with Crippen molar-refractivity contribution in [3.63, 3.8) is 0 Å². The van der Waals surface area contributed by atoms with Gasteiger partial charge in [0.2, 0.25) is 0 Å². The number of aromatic nitrogens is 2. The molecule has 3 aromatic rings. The van der Waals surface area contributed by atoms with Gasteiger partial charge in [0.25, 0.3) is 0 Å². The molecule has 0 unspecified atom stereocenters. The third kappa shape index (κ3) is 2.71. The number of benzene rings is 1. The summed E-state index contributed by atoms with van der Waals surface area (Å²) in [6.07, 6.45) is 3.60. The molecular formula is C16H11BrN2. The zero-order valence-electron chi connectivity index (χ0n) is 10.1. The minimum absolute atomic E-state index is 0.890. The van der Waals surface area contributed by atoms with Gasteiger partial charge in [-0.2, -0.15) is 0 Å². The van der Waals surface area contributed by atoms with Crippen molar-refractivity contribution >= 4 is 15.9 Å². The Balaban J connectivity index is 2.03. The van der Waals surface area contributed by atoms with Gasteiger partial charge in [0.15, 0.2) is 0 Å². The summed E-state index contributed by atoms with van der Waals surface area (Å²) in [6.45, 7) is 0. The SMILES string of the molecule is Brc1ccc(-c2ccnc(-c3ccccn3)c2)cc1. The minimum atomic E-state index is 0.890. The standard InChI is InChI=1S/C16H11BrN2/c17-14-6-4-12(5-7-14)13-8-10-19-16(11-13)15-3-1-2-9-18-15/h1-11H. The van der Waals surface area contributed by atoms with Gasteiger partial charge in [0.05, 0.1) is 11.4 Å². The van der Waals surface area contributed by atoms with Gasteiger partial charge in [-0.1, -0.05) is 34.1 Å².